The molecule has 1 amide bonds. The van der Waals surface area contributed by atoms with Crippen LogP contribution >= 0.6 is 0 Å². The predicted octanol–water partition coefficient (Wildman–Crippen LogP) is 5.23. The first-order valence-electron chi connectivity index (χ1n) is 10.7. The summed E-state index contributed by atoms with van der Waals surface area (Å²) in [5.41, 5.74) is 2.36. The Morgan fingerprint density at radius 2 is 1.88 bits per heavy atom. The molecule has 0 aliphatic carbocycles. The average Bonchev–Trinajstić information content (AvgIpc) is 3.41. The molecule has 0 bridgehead atoms. The second-order valence-electron chi connectivity index (χ2n) is 8.01. The molecule has 3 heterocycles. The van der Waals surface area contributed by atoms with Crippen molar-refractivity contribution in [2.45, 2.75) is 32.9 Å². The lowest BCUT2D eigenvalue weighted by atomic mass is 9.98. The van der Waals surface area contributed by atoms with E-state index >= 15 is 0 Å². The van der Waals surface area contributed by atoms with E-state index in [9.17, 15) is 9.59 Å². The summed E-state index contributed by atoms with van der Waals surface area (Å²) in [6.07, 6.45) is 2.48. The Kier molecular flexibility index (Phi) is 5.05. The number of benzene rings is 2. The lowest BCUT2D eigenvalue weighted by Crippen LogP contribution is -2.29. The van der Waals surface area contributed by atoms with Gasteiger partial charge in [0, 0.05) is 0 Å². The van der Waals surface area contributed by atoms with Crippen molar-refractivity contribution in [3.8, 4) is 5.75 Å². The zero-order chi connectivity index (χ0) is 22.2. The Morgan fingerprint density at radius 1 is 1.06 bits per heavy atom. The lowest BCUT2D eigenvalue weighted by molar-refractivity contribution is 0.0701. The fourth-order valence-corrected chi connectivity index (χ4v) is 4.18. The predicted molar refractivity (Wildman–Crippen MR) is 120 cm³/mol. The topological polar surface area (TPSA) is 72.9 Å². The van der Waals surface area contributed by atoms with Crippen LogP contribution in [0.4, 0.5) is 0 Å². The van der Waals surface area contributed by atoms with Crippen LogP contribution in [0.25, 0.3) is 11.0 Å². The molecule has 6 nitrogen and oxygen atoms in total. The molecule has 6 heteroatoms. The number of hydrogen-bond acceptors (Lipinski definition) is 5. The summed E-state index contributed by atoms with van der Waals surface area (Å²) >= 11 is 0. The second-order valence-corrected chi connectivity index (χ2v) is 8.01. The third kappa shape index (κ3) is 3.38. The molecule has 1 atom stereocenters. The SMILES string of the molecule is CCCOc1ccc([C@H]2c3c(oc4ccc(C)cc4c3=O)C(=O)N2Cc2ccco2)cc1. The number of aryl methyl sites for hydroxylation is 1. The molecular weight excluding hydrogens is 406 g/mol. The van der Waals surface area contributed by atoms with Crippen molar-refractivity contribution >= 4 is 16.9 Å². The van der Waals surface area contributed by atoms with Gasteiger partial charge in [0.1, 0.15) is 17.1 Å². The average molecular weight is 429 g/mol. The summed E-state index contributed by atoms with van der Waals surface area (Å²) < 4.78 is 17.2. The fourth-order valence-electron chi connectivity index (χ4n) is 4.18. The first kappa shape index (κ1) is 20.1. The summed E-state index contributed by atoms with van der Waals surface area (Å²) in [4.78, 5) is 28.6. The van der Waals surface area contributed by atoms with E-state index in [-0.39, 0.29) is 23.6 Å². The number of hydrogen-bond donors (Lipinski definition) is 0. The summed E-state index contributed by atoms with van der Waals surface area (Å²) in [6.45, 7) is 4.83. The quantitative estimate of drug-likeness (QED) is 0.420. The highest BCUT2D eigenvalue weighted by atomic mass is 16.5. The third-order valence-electron chi connectivity index (χ3n) is 5.70. The Bertz CT molecular complexity index is 1340. The van der Waals surface area contributed by atoms with Gasteiger partial charge in [0.05, 0.1) is 36.4 Å². The monoisotopic (exact) mass is 429 g/mol. The number of rotatable bonds is 6. The number of carbonyl (C=O) groups excluding carboxylic acids is 1. The van der Waals surface area contributed by atoms with Crippen molar-refractivity contribution in [2.24, 2.45) is 0 Å². The van der Waals surface area contributed by atoms with Gasteiger partial charge < -0.3 is 18.5 Å². The molecule has 1 aliphatic rings. The molecule has 0 saturated carbocycles. The number of ether oxygens (including phenoxy) is 1. The molecule has 2 aromatic heterocycles. The van der Waals surface area contributed by atoms with E-state index in [0.717, 1.165) is 23.3 Å². The summed E-state index contributed by atoms with van der Waals surface area (Å²) in [6, 6.07) is 15.9. The number of carbonyl (C=O) groups is 1. The van der Waals surface area contributed by atoms with Crippen molar-refractivity contribution < 1.29 is 18.4 Å². The van der Waals surface area contributed by atoms with E-state index in [1.165, 1.54) is 0 Å². The van der Waals surface area contributed by atoms with Crippen molar-refractivity contribution in [1.29, 1.82) is 0 Å². The Labute approximate surface area is 185 Å². The van der Waals surface area contributed by atoms with Gasteiger partial charge in [0.25, 0.3) is 5.91 Å². The molecule has 0 fully saturated rings. The molecule has 0 radical (unpaired) electrons. The summed E-state index contributed by atoms with van der Waals surface area (Å²) in [5.74, 6) is 1.15. The Hall–Kier alpha value is -3.80. The van der Waals surface area contributed by atoms with Gasteiger partial charge in [-0.15, -0.1) is 0 Å². The molecule has 0 unspecified atom stereocenters. The van der Waals surface area contributed by atoms with Gasteiger partial charge in [-0.3, -0.25) is 9.59 Å². The smallest absolute Gasteiger partial charge is 0.291 e. The minimum Gasteiger partial charge on any atom is -0.494 e. The first-order chi connectivity index (χ1) is 15.6. The zero-order valence-electron chi connectivity index (χ0n) is 18.0. The Morgan fingerprint density at radius 3 is 2.59 bits per heavy atom. The van der Waals surface area contributed by atoms with E-state index in [4.69, 9.17) is 13.6 Å². The largest absolute Gasteiger partial charge is 0.494 e. The summed E-state index contributed by atoms with van der Waals surface area (Å²) in [5, 5.41) is 0.476. The molecule has 0 saturated heterocycles. The van der Waals surface area contributed by atoms with Crippen molar-refractivity contribution in [3.63, 3.8) is 0 Å². The normalized spacial score (nSPS) is 15.4. The van der Waals surface area contributed by atoms with Crippen LogP contribution in [-0.2, 0) is 6.54 Å². The molecule has 32 heavy (non-hydrogen) atoms. The molecule has 1 aliphatic heterocycles. The minimum absolute atomic E-state index is 0.0919. The number of nitrogens with zero attached hydrogens (tertiary/aromatic N) is 1. The van der Waals surface area contributed by atoms with E-state index in [0.29, 0.717) is 28.9 Å². The van der Waals surface area contributed by atoms with Gasteiger partial charge in [0.2, 0.25) is 5.76 Å². The Balaban J connectivity index is 1.66. The molecular formula is C26H23NO5. The summed E-state index contributed by atoms with van der Waals surface area (Å²) in [7, 11) is 0. The zero-order valence-corrected chi connectivity index (χ0v) is 18.0. The van der Waals surface area contributed by atoms with Gasteiger partial charge in [-0.1, -0.05) is 30.7 Å². The van der Waals surface area contributed by atoms with E-state index in [1.807, 2.05) is 50.2 Å². The van der Waals surface area contributed by atoms with Crippen LogP contribution in [0.5, 0.6) is 5.75 Å². The van der Waals surface area contributed by atoms with Crippen molar-refractivity contribution in [1.82, 2.24) is 4.90 Å². The lowest BCUT2D eigenvalue weighted by Gasteiger charge is -2.24. The molecule has 0 spiro atoms. The van der Waals surface area contributed by atoms with Crippen molar-refractivity contribution in [2.75, 3.05) is 6.61 Å². The van der Waals surface area contributed by atoms with Gasteiger partial charge in [-0.05, 0) is 55.3 Å². The molecule has 4 aromatic rings. The van der Waals surface area contributed by atoms with Gasteiger partial charge in [-0.25, -0.2) is 0 Å². The molecule has 0 N–H and O–H groups in total. The van der Waals surface area contributed by atoms with Gasteiger partial charge in [-0.2, -0.15) is 0 Å². The van der Waals surface area contributed by atoms with E-state index in [2.05, 4.69) is 0 Å². The fraction of sp³-hybridized carbons (Fsp3) is 0.231. The van der Waals surface area contributed by atoms with E-state index < -0.39 is 6.04 Å². The minimum atomic E-state index is -0.580. The van der Waals surface area contributed by atoms with Gasteiger partial charge >= 0.3 is 0 Å². The highest BCUT2D eigenvalue weighted by Gasteiger charge is 2.43. The number of furan rings is 1. The van der Waals surface area contributed by atoms with Crippen molar-refractivity contribution in [3.05, 3.63) is 99.3 Å². The standard InChI is InChI=1S/C26H23NO5/c1-3-12-30-18-9-7-17(8-10-18)23-22-24(28)20-14-16(2)6-11-21(20)32-25(22)26(29)27(23)15-19-5-4-13-31-19/h4-11,13-14,23H,3,12,15H2,1-2H3/t23-/m0/s1. The highest BCUT2D eigenvalue weighted by molar-refractivity contribution is 5.99. The third-order valence-corrected chi connectivity index (χ3v) is 5.70. The first-order valence-corrected chi connectivity index (χ1v) is 10.7. The molecule has 162 valence electrons. The van der Waals surface area contributed by atoms with Crippen LogP contribution in [0.3, 0.4) is 0 Å². The van der Waals surface area contributed by atoms with E-state index in [1.54, 1.807) is 29.4 Å². The second kappa shape index (κ2) is 8.04. The van der Waals surface area contributed by atoms with Gasteiger partial charge in [0.15, 0.2) is 5.43 Å². The maximum atomic E-state index is 13.6. The number of amides is 1. The maximum absolute atomic E-state index is 13.6. The molecule has 2 aromatic carbocycles. The number of fused-ring (bicyclic) bond motifs is 2. The van der Waals surface area contributed by atoms with Crippen LogP contribution in [0, 0.1) is 6.92 Å². The van der Waals surface area contributed by atoms with Crippen LogP contribution in [0.15, 0.2) is 74.5 Å². The maximum Gasteiger partial charge on any atom is 0.291 e. The van der Waals surface area contributed by atoms with Crippen LogP contribution < -0.4 is 10.2 Å². The van der Waals surface area contributed by atoms with Crippen LogP contribution in [0.2, 0.25) is 0 Å². The van der Waals surface area contributed by atoms with Crippen LogP contribution in [-0.4, -0.2) is 17.4 Å². The van der Waals surface area contributed by atoms with Crippen LogP contribution in [0.1, 0.15) is 52.4 Å². The highest BCUT2D eigenvalue weighted by Crippen LogP contribution is 2.39. The molecule has 5 rings (SSSR count).